The number of aliphatic hydroxyl groups excluding tert-OH is 3. The van der Waals surface area contributed by atoms with Crippen molar-refractivity contribution in [3.05, 3.63) is 0 Å². The summed E-state index contributed by atoms with van der Waals surface area (Å²) in [6.45, 7) is 0.214. The summed E-state index contributed by atoms with van der Waals surface area (Å²) in [6.07, 6.45) is 0. The monoisotopic (exact) mass is 206 g/mol. The molecule has 6 nitrogen and oxygen atoms in total. The van der Waals surface area contributed by atoms with Crippen LogP contribution in [0.15, 0.2) is 0 Å². The minimum atomic E-state index is -1.36. The molecule has 0 bridgehead atoms. The van der Waals surface area contributed by atoms with Gasteiger partial charge in [-0.05, 0) is 0 Å². The number of aliphatic hydroxyl groups is 3. The highest BCUT2D eigenvalue weighted by atomic mass is 16.3. The Balaban J connectivity index is 4.37. The minimum Gasteiger partial charge on any atom is -0.394 e. The van der Waals surface area contributed by atoms with Gasteiger partial charge < -0.3 is 26.4 Å². The quantitative estimate of drug-likeness (QED) is 0.327. The van der Waals surface area contributed by atoms with Crippen molar-refractivity contribution in [2.24, 2.45) is 11.7 Å². The zero-order chi connectivity index (χ0) is 11.2. The van der Waals surface area contributed by atoms with Crippen molar-refractivity contribution in [2.75, 3.05) is 26.4 Å². The molecule has 84 valence electrons. The second-order valence-corrected chi connectivity index (χ2v) is 3.38. The number of hydrogen-bond acceptors (Lipinski definition) is 5. The molecule has 0 aliphatic carbocycles. The normalized spacial score (nSPS) is 13.8. The van der Waals surface area contributed by atoms with Gasteiger partial charge in [-0.1, -0.05) is 6.92 Å². The number of nitrogens with two attached hydrogens (primary N) is 1. The standard InChI is InChI=1S/C8H18N2O4/c1-6(2-9)7(14)10-8(3-11,4-12)5-13/h6,11-13H,2-5,9H2,1H3,(H,10,14). The summed E-state index contributed by atoms with van der Waals surface area (Å²) in [5.74, 6) is -0.816. The Morgan fingerprint density at radius 1 is 1.36 bits per heavy atom. The van der Waals surface area contributed by atoms with Crippen LogP contribution in [0.1, 0.15) is 6.92 Å². The number of rotatable bonds is 6. The Morgan fingerprint density at radius 2 is 1.79 bits per heavy atom. The van der Waals surface area contributed by atoms with E-state index in [0.29, 0.717) is 0 Å². The van der Waals surface area contributed by atoms with E-state index < -0.39 is 37.2 Å². The molecule has 1 atom stereocenters. The molecule has 0 heterocycles. The van der Waals surface area contributed by atoms with E-state index in [1.165, 1.54) is 0 Å². The van der Waals surface area contributed by atoms with Crippen LogP contribution in [0, 0.1) is 5.92 Å². The van der Waals surface area contributed by atoms with Crippen molar-refractivity contribution in [1.29, 1.82) is 0 Å². The van der Waals surface area contributed by atoms with E-state index in [1.807, 2.05) is 0 Å². The molecule has 6 heteroatoms. The van der Waals surface area contributed by atoms with E-state index in [2.05, 4.69) is 5.32 Å². The third kappa shape index (κ3) is 3.22. The van der Waals surface area contributed by atoms with Crippen LogP contribution in [0.3, 0.4) is 0 Å². The van der Waals surface area contributed by atoms with Crippen molar-refractivity contribution >= 4 is 5.91 Å². The topological polar surface area (TPSA) is 116 Å². The molecule has 0 aromatic carbocycles. The maximum atomic E-state index is 11.3. The van der Waals surface area contributed by atoms with Gasteiger partial charge in [0.05, 0.1) is 19.8 Å². The van der Waals surface area contributed by atoms with Gasteiger partial charge in [-0.3, -0.25) is 4.79 Å². The van der Waals surface area contributed by atoms with Gasteiger partial charge in [-0.15, -0.1) is 0 Å². The van der Waals surface area contributed by atoms with E-state index in [9.17, 15) is 4.79 Å². The third-order valence-electron chi connectivity index (χ3n) is 2.10. The molecule has 0 aromatic rings. The molecule has 0 rings (SSSR count). The lowest BCUT2D eigenvalue weighted by Crippen LogP contribution is -2.58. The fourth-order valence-corrected chi connectivity index (χ4v) is 0.760. The zero-order valence-electron chi connectivity index (χ0n) is 8.23. The van der Waals surface area contributed by atoms with Crippen molar-refractivity contribution in [3.63, 3.8) is 0 Å². The first-order chi connectivity index (χ1) is 6.55. The molecule has 6 N–H and O–H groups in total. The van der Waals surface area contributed by atoms with E-state index in [-0.39, 0.29) is 6.54 Å². The van der Waals surface area contributed by atoms with Crippen LogP contribution in [-0.2, 0) is 4.79 Å². The highest BCUT2D eigenvalue weighted by Gasteiger charge is 2.31. The average Bonchev–Trinajstić information content (AvgIpc) is 2.24. The fraction of sp³-hybridized carbons (Fsp3) is 0.875. The van der Waals surface area contributed by atoms with Crippen LogP contribution in [0.4, 0.5) is 0 Å². The molecule has 0 saturated carbocycles. The molecule has 0 saturated heterocycles. The predicted octanol–water partition coefficient (Wildman–Crippen LogP) is -2.59. The van der Waals surface area contributed by atoms with Gasteiger partial charge >= 0.3 is 0 Å². The highest BCUT2D eigenvalue weighted by molar-refractivity contribution is 5.79. The van der Waals surface area contributed by atoms with Crippen molar-refractivity contribution in [1.82, 2.24) is 5.32 Å². The summed E-state index contributed by atoms with van der Waals surface area (Å²) in [6, 6.07) is 0. The Kier molecular flexibility index (Phi) is 5.63. The molecule has 0 aliphatic heterocycles. The minimum absolute atomic E-state index is 0.171. The van der Waals surface area contributed by atoms with Gasteiger partial charge in [0.2, 0.25) is 5.91 Å². The summed E-state index contributed by atoms with van der Waals surface area (Å²) < 4.78 is 0. The van der Waals surface area contributed by atoms with E-state index in [1.54, 1.807) is 6.92 Å². The van der Waals surface area contributed by atoms with Crippen molar-refractivity contribution in [3.8, 4) is 0 Å². The Labute approximate surface area is 82.7 Å². The lowest BCUT2D eigenvalue weighted by atomic mass is 10.0. The molecular formula is C8H18N2O4. The molecule has 14 heavy (non-hydrogen) atoms. The first-order valence-corrected chi connectivity index (χ1v) is 4.40. The second kappa shape index (κ2) is 5.92. The lowest BCUT2D eigenvalue weighted by molar-refractivity contribution is -0.128. The molecule has 0 fully saturated rings. The number of nitrogens with one attached hydrogen (secondary N) is 1. The van der Waals surface area contributed by atoms with Gasteiger partial charge in [0.25, 0.3) is 0 Å². The van der Waals surface area contributed by atoms with Gasteiger partial charge in [-0.2, -0.15) is 0 Å². The smallest absolute Gasteiger partial charge is 0.224 e. The Bertz CT molecular complexity index is 174. The van der Waals surface area contributed by atoms with Crippen LogP contribution >= 0.6 is 0 Å². The summed E-state index contributed by atoms with van der Waals surface area (Å²) >= 11 is 0. The summed E-state index contributed by atoms with van der Waals surface area (Å²) in [5.41, 5.74) is 3.91. The molecule has 0 radical (unpaired) electrons. The zero-order valence-corrected chi connectivity index (χ0v) is 8.23. The number of carbonyl (C=O) groups is 1. The van der Waals surface area contributed by atoms with Crippen LogP contribution in [0.25, 0.3) is 0 Å². The first kappa shape index (κ1) is 13.3. The molecule has 1 amide bonds. The molecule has 0 aromatic heterocycles. The van der Waals surface area contributed by atoms with Gasteiger partial charge in [0.15, 0.2) is 0 Å². The second-order valence-electron chi connectivity index (χ2n) is 3.38. The lowest BCUT2D eigenvalue weighted by Gasteiger charge is -2.29. The predicted molar refractivity (Wildman–Crippen MR) is 50.3 cm³/mol. The molecule has 1 unspecified atom stereocenters. The van der Waals surface area contributed by atoms with E-state index >= 15 is 0 Å². The maximum Gasteiger partial charge on any atom is 0.224 e. The summed E-state index contributed by atoms with van der Waals surface area (Å²) in [4.78, 5) is 11.3. The first-order valence-electron chi connectivity index (χ1n) is 4.40. The summed E-state index contributed by atoms with van der Waals surface area (Å²) in [7, 11) is 0. The fourth-order valence-electron chi connectivity index (χ4n) is 0.760. The van der Waals surface area contributed by atoms with E-state index in [0.717, 1.165) is 0 Å². The highest BCUT2D eigenvalue weighted by Crippen LogP contribution is 2.03. The Morgan fingerprint density at radius 3 is 2.07 bits per heavy atom. The summed E-state index contributed by atoms with van der Waals surface area (Å²) in [5, 5.41) is 29.1. The number of carbonyl (C=O) groups excluding carboxylic acids is 1. The SMILES string of the molecule is CC(CN)C(=O)NC(CO)(CO)CO. The van der Waals surface area contributed by atoms with Crippen molar-refractivity contribution in [2.45, 2.75) is 12.5 Å². The van der Waals surface area contributed by atoms with Crippen LogP contribution in [-0.4, -0.2) is 53.1 Å². The third-order valence-corrected chi connectivity index (χ3v) is 2.10. The number of hydrogen-bond donors (Lipinski definition) is 5. The Hall–Kier alpha value is -0.690. The molecule has 0 spiro atoms. The average molecular weight is 206 g/mol. The maximum absolute atomic E-state index is 11.3. The van der Waals surface area contributed by atoms with Crippen LogP contribution < -0.4 is 11.1 Å². The number of amides is 1. The van der Waals surface area contributed by atoms with Crippen molar-refractivity contribution < 1.29 is 20.1 Å². The van der Waals surface area contributed by atoms with Gasteiger partial charge in [0.1, 0.15) is 5.54 Å². The largest absolute Gasteiger partial charge is 0.394 e. The van der Waals surface area contributed by atoms with Gasteiger partial charge in [-0.25, -0.2) is 0 Å². The van der Waals surface area contributed by atoms with Crippen LogP contribution in [0.5, 0.6) is 0 Å². The molecular weight excluding hydrogens is 188 g/mol. The van der Waals surface area contributed by atoms with Gasteiger partial charge in [0, 0.05) is 12.5 Å². The van der Waals surface area contributed by atoms with Crippen LogP contribution in [0.2, 0.25) is 0 Å². The molecule has 0 aliphatic rings. The van der Waals surface area contributed by atoms with E-state index in [4.69, 9.17) is 21.1 Å².